The van der Waals surface area contributed by atoms with Crippen molar-refractivity contribution in [2.75, 3.05) is 13.2 Å². The lowest BCUT2D eigenvalue weighted by Gasteiger charge is -2.18. The Morgan fingerprint density at radius 1 is 0.269 bits per heavy atom. The third-order valence-electron chi connectivity index (χ3n) is 15.0. The third kappa shape index (κ3) is 63.7. The van der Waals surface area contributed by atoms with Gasteiger partial charge >= 0.3 is 17.9 Å². The van der Waals surface area contributed by atoms with Crippen LogP contribution in [0.2, 0.25) is 0 Å². The van der Waals surface area contributed by atoms with Crippen LogP contribution in [-0.2, 0) is 28.6 Å². The van der Waals surface area contributed by atoms with Crippen molar-refractivity contribution in [3.8, 4) is 0 Å². The van der Waals surface area contributed by atoms with E-state index in [1.54, 1.807) is 0 Å². The van der Waals surface area contributed by atoms with Crippen LogP contribution < -0.4 is 0 Å². The molecule has 6 heteroatoms. The normalized spacial score (nSPS) is 12.5. The van der Waals surface area contributed by atoms with Crippen LogP contribution >= 0.6 is 0 Å². The second kappa shape index (κ2) is 66.4. The fourth-order valence-electron chi connectivity index (χ4n) is 9.92. The average Bonchev–Trinajstić information content (AvgIpc) is 3.44. The van der Waals surface area contributed by atoms with Crippen molar-refractivity contribution in [3.05, 3.63) is 72.9 Å². The summed E-state index contributed by atoms with van der Waals surface area (Å²) in [5.41, 5.74) is 0. The number of carbonyl (C=O) groups is 3. The molecule has 0 heterocycles. The van der Waals surface area contributed by atoms with Crippen LogP contribution in [-0.4, -0.2) is 37.2 Å². The number of rotatable bonds is 62. The van der Waals surface area contributed by atoms with Crippen molar-refractivity contribution < 1.29 is 28.6 Å². The number of hydrogen-bond donors (Lipinski definition) is 0. The summed E-state index contributed by atoms with van der Waals surface area (Å²) in [6.07, 6.45) is 86.8. The lowest BCUT2D eigenvalue weighted by Crippen LogP contribution is -2.30. The summed E-state index contributed by atoms with van der Waals surface area (Å²) < 4.78 is 16.8. The van der Waals surface area contributed by atoms with Gasteiger partial charge in [-0.3, -0.25) is 14.4 Å². The summed E-state index contributed by atoms with van der Waals surface area (Å²) in [6.45, 7) is 6.52. The summed E-state index contributed by atoms with van der Waals surface area (Å²) >= 11 is 0. The van der Waals surface area contributed by atoms with Crippen LogP contribution in [0.25, 0.3) is 0 Å². The van der Waals surface area contributed by atoms with Gasteiger partial charge in [-0.1, -0.05) is 331 Å². The van der Waals surface area contributed by atoms with Crippen LogP contribution in [0.15, 0.2) is 72.9 Å². The van der Waals surface area contributed by atoms with Gasteiger partial charge in [-0.05, 0) is 70.6 Å². The van der Waals surface area contributed by atoms with Crippen molar-refractivity contribution >= 4 is 17.9 Å². The molecule has 452 valence electrons. The summed E-state index contributed by atoms with van der Waals surface area (Å²) in [5.74, 6) is -0.861. The maximum absolute atomic E-state index is 12.9. The molecule has 0 amide bonds. The average molecular weight is 1090 g/mol. The lowest BCUT2D eigenvalue weighted by atomic mass is 10.0. The van der Waals surface area contributed by atoms with Gasteiger partial charge in [0.05, 0.1) is 0 Å². The molecule has 0 saturated carbocycles. The Morgan fingerprint density at radius 2 is 0.500 bits per heavy atom. The molecule has 0 saturated heterocycles. The van der Waals surface area contributed by atoms with Gasteiger partial charge < -0.3 is 14.2 Å². The first-order valence-corrected chi connectivity index (χ1v) is 33.9. The molecule has 0 aromatic rings. The van der Waals surface area contributed by atoms with Crippen molar-refractivity contribution in [2.24, 2.45) is 0 Å². The second-order valence-corrected chi connectivity index (χ2v) is 22.7. The zero-order chi connectivity index (χ0) is 56.4. The highest BCUT2D eigenvalue weighted by Crippen LogP contribution is 2.18. The van der Waals surface area contributed by atoms with Crippen LogP contribution in [0.1, 0.15) is 348 Å². The van der Waals surface area contributed by atoms with E-state index in [0.717, 1.165) is 96.3 Å². The molecule has 0 aliphatic rings. The van der Waals surface area contributed by atoms with Gasteiger partial charge in [-0.15, -0.1) is 0 Å². The van der Waals surface area contributed by atoms with Gasteiger partial charge in [0.15, 0.2) is 6.10 Å². The summed E-state index contributed by atoms with van der Waals surface area (Å²) in [6, 6.07) is 0. The largest absolute Gasteiger partial charge is 0.462 e. The number of unbranched alkanes of at least 4 members (excludes halogenated alkanes) is 39. The maximum atomic E-state index is 12.9. The van der Waals surface area contributed by atoms with Crippen LogP contribution in [0.3, 0.4) is 0 Å². The molecule has 0 fully saturated rings. The minimum Gasteiger partial charge on any atom is -0.462 e. The molecule has 0 aromatic heterocycles. The standard InChI is InChI=1S/C72H128O6/c1-4-7-10-13-16-18-20-22-24-26-28-30-31-32-33-34-35-36-37-38-39-40-41-43-44-46-48-50-52-54-56-59-62-65-71(74)77-68-69(67-76-70(73)64-61-58-15-12-9-6-3)78-72(75)66-63-60-57-55-53-51-49-47-45-42-29-27-25-23-21-19-17-14-11-8-5-2/h7,10,16,18,22,24,28,30,32-33,35-36,69H,4-6,8-9,11-15,17,19-21,23,25-27,29,31,34,37-68H2,1-3H3/b10-7-,18-16-,24-22-,30-28-,33-32-,36-35-. The predicted molar refractivity (Wildman–Crippen MR) is 339 cm³/mol. The van der Waals surface area contributed by atoms with Gasteiger partial charge in [0.2, 0.25) is 0 Å². The molecule has 0 N–H and O–H groups in total. The minimum absolute atomic E-state index is 0.0701. The van der Waals surface area contributed by atoms with Gasteiger partial charge in [0, 0.05) is 19.3 Å². The minimum atomic E-state index is -0.769. The molecule has 0 rings (SSSR count). The zero-order valence-corrected chi connectivity index (χ0v) is 51.9. The Kier molecular flexibility index (Phi) is 63.7. The second-order valence-electron chi connectivity index (χ2n) is 22.7. The van der Waals surface area contributed by atoms with Gasteiger partial charge in [0.1, 0.15) is 13.2 Å². The van der Waals surface area contributed by atoms with Crippen LogP contribution in [0, 0.1) is 0 Å². The van der Waals surface area contributed by atoms with E-state index < -0.39 is 6.10 Å². The molecule has 0 aliphatic carbocycles. The molecule has 0 spiro atoms. The summed E-state index contributed by atoms with van der Waals surface area (Å²) in [4.78, 5) is 38.1. The highest BCUT2D eigenvalue weighted by Gasteiger charge is 2.19. The summed E-state index contributed by atoms with van der Waals surface area (Å²) in [5, 5.41) is 0. The van der Waals surface area contributed by atoms with E-state index in [0.29, 0.717) is 19.3 Å². The molecule has 78 heavy (non-hydrogen) atoms. The van der Waals surface area contributed by atoms with Gasteiger partial charge in [-0.25, -0.2) is 0 Å². The highest BCUT2D eigenvalue weighted by molar-refractivity contribution is 5.71. The molecule has 1 unspecified atom stereocenters. The van der Waals surface area contributed by atoms with Crippen molar-refractivity contribution in [1.29, 1.82) is 0 Å². The Hall–Kier alpha value is -3.15. The fourth-order valence-corrected chi connectivity index (χ4v) is 9.92. The SMILES string of the molecule is CC/C=C\C/C=C\C/C=C\C/C=C\C/C=C\C/C=C\CCCCCCCCCCCCCCCCC(=O)OCC(COC(=O)CCCCCCCC)OC(=O)CCCCCCCCCCCCCCCCCCCCCCC. The number of hydrogen-bond acceptors (Lipinski definition) is 6. The number of ether oxygens (including phenoxy) is 3. The van der Waals surface area contributed by atoms with E-state index in [9.17, 15) is 14.4 Å². The smallest absolute Gasteiger partial charge is 0.306 e. The first kappa shape index (κ1) is 74.8. The van der Waals surface area contributed by atoms with Crippen molar-refractivity contribution in [3.63, 3.8) is 0 Å². The monoisotopic (exact) mass is 1090 g/mol. The molecule has 6 nitrogen and oxygen atoms in total. The Labute approximate surface area is 484 Å². The molecule has 0 aliphatic heterocycles. The quantitative estimate of drug-likeness (QED) is 0.0261. The third-order valence-corrected chi connectivity index (χ3v) is 15.0. The van der Waals surface area contributed by atoms with Crippen molar-refractivity contribution in [1.82, 2.24) is 0 Å². The molecule has 0 radical (unpaired) electrons. The van der Waals surface area contributed by atoms with Crippen LogP contribution in [0.5, 0.6) is 0 Å². The van der Waals surface area contributed by atoms with E-state index in [2.05, 4.69) is 93.7 Å². The highest BCUT2D eigenvalue weighted by atomic mass is 16.6. The number of carbonyl (C=O) groups excluding carboxylic acids is 3. The zero-order valence-electron chi connectivity index (χ0n) is 51.9. The number of allylic oxidation sites excluding steroid dienone is 12. The topological polar surface area (TPSA) is 78.9 Å². The van der Waals surface area contributed by atoms with E-state index in [-0.39, 0.29) is 31.1 Å². The Bertz CT molecular complexity index is 1440. The lowest BCUT2D eigenvalue weighted by molar-refractivity contribution is -0.167. The van der Waals surface area contributed by atoms with Crippen molar-refractivity contribution in [2.45, 2.75) is 354 Å². The van der Waals surface area contributed by atoms with Crippen LogP contribution in [0.4, 0.5) is 0 Å². The maximum Gasteiger partial charge on any atom is 0.306 e. The molecule has 0 aromatic carbocycles. The Morgan fingerprint density at radius 3 is 0.782 bits per heavy atom. The van der Waals surface area contributed by atoms with E-state index in [1.165, 1.54) is 212 Å². The van der Waals surface area contributed by atoms with E-state index in [4.69, 9.17) is 14.2 Å². The first-order valence-electron chi connectivity index (χ1n) is 33.9. The summed E-state index contributed by atoms with van der Waals surface area (Å²) in [7, 11) is 0. The van der Waals surface area contributed by atoms with E-state index >= 15 is 0 Å². The Balaban J connectivity index is 4.00. The fraction of sp³-hybridized carbons (Fsp3) is 0.792. The van der Waals surface area contributed by atoms with Gasteiger partial charge in [0.25, 0.3) is 0 Å². The molecular weight excluding hydrogens is 961 g/mol. The molecular formula is C72H128O6. The van der Waals surface area contributed by atoms with E-state index in [1.807, 2.05) is 0 Å². The van der Waals surface area contributed by atoms with Gasteiger partial charge in [-0.2, -0.15) is 0 Å². The predicted octanol–water partition coefficient (Wildman–Crippen LogP) is 23.3. The molecule has 1 atom stereocenters. The number of esters is 3. The molecule has 0 bridgehead atoms. The first-order chi connectivity index (χ1) is 38.5.